The molecule has 5 heteroatoms. The third-order valence-electron chi connectivity index (χ3n) is 11.8. The molecule has 0 radical (unpaired) electrons. The van der Waals surface area contributed by atoms with Gasteiger partial charge in [0.25, 0.3) is 0 Å². The van der Waals surface area contributed by atoms with Gasteiger partial charge in [0.15, 0.2) is 5.60 Å². The topological polar surface area (TPSA) is 47.0 Å². The molecule has 0 fully saturated rings. The summed E-state index contributed by atoms with van der Waals surface area (Å²) < 4.78 is 13.8. The van der Waals surface area contributed by atoms with Crippen molar-refractivity contribution in [1.82, 2.24) is 4.98 Å². The Kier molecular flexibility index (Phi) is 8.44. The second kappa shape index (κ2) is 12.4. The number of fused-ring (bicyclic) bond motifs is 2. The number of aromatic nitrogens is 1. The largest absolute Gasteiger partial charge is 0.464 e. The van der Waals surface area contributed by atoms with Gasteiger partial charge >= 0.3 is 0 Å². The summed E-state index contributed by atoms with van der Waals surface area (Å²) in [6.45, 7) is 26.6. The second-order valence-electron chi connectivity index (χ2n) is 17.1. The lowest BCUT2D eigenvalue weighted by molar-refractivity contribution is 0.00855. The number of ether oxygens (including phenoxy) is 2. The van der Waals surface area contributed by atoms with Crippen LogP contribution in [0.1, 0.15) is 107 Å². The maximum atomic E-state index is 6.93. The van der Waals surface area contributed by atoms with Crippen LogP contribution in [-0.2, 0) is 21.2 Å². The number of hydrogen-bond donors (Lipinski definition) is 0. The van der Waals surface area contributed by atoms with Crippen molar-refractivity contribution in [2.24, 2.45) is 10.9 Å². The molecular formula is C47H53N3O2. The van der Waals surface area contributed by atoms with Crippen LogP contribution in [0.4, 0.5) is 17.2 Å². The zero-order valence-electron chi connectivity index (χ0n) is 33.0. The van der Waals surface area contributed by atoms with E-state index in [1.54, 1.807) is 0 Å². The van der Waals surface area contributed by atoms with E-state index in [0.29, 0.717) is 5.90 Å². The summed E-state index contributed by atoms with van der Waals surface area (Å²) in [4.78, 5) is 12.6. The van der Waals surface area contributed by atoms with E-state index in [1.807, 2.05) is 18.3 Å². The van der Waals surface area contributed by atoms with Crippen molar-refractivity contribution in [1.29, 1.82) is 0 Å². The lowest BCUT2D eigenvalue weighted by Crippen LogP contribution is -2.47. The Morgan fingerprint density at radius 2 is 1.50 bits per heavy atom. The molecule has 0 saturated heterocycles. The zero-order valence-corrected chi connectivity index (χ0v) is 33.0. The molecule has 1 aromatic heterocycles. The fraction of sp³-hybridized carbons (Fsp3) is 0.362. The number of hydrogen-bond acceptors (Lipinski definition) is 5. The molecule has 0 bridgehead atoms. The van der Waals surface area contributed by atoms with Crippen molar-refractivity contribution in [2.75, 3.05) is 4.90 Å². The number of benzene rings is 4. The van der Waals surface area contributed by atoms with Gasteiger partial charge in [0.05, 0.1) is 11.4 Å². The van der Waals surface area contributed by atoms with Gasteiger partial charge in [-0.3, -0.25) is 4.90 Å². The van der Waals surface area contributed by atoms with Crippen molar-refractivity contribution in [2.45, 2.75) is 105 Å². The van der Waals surface area contributed by atoms with E-state index in [2.05, 4.69) is 167 Å². The van der Waals surface area contributed by atoms with Gasteiger partial charge in [-0.15, -0.1) is 0 Å². The van der Waals surface area contributed by atoms with Gasteiger partial charge in [0, 0.05) is 28.8 Å². The first-order valence-corrected chi connectivity index (χ1v) is 18.6. The Morgan fingerprint density at radius 3 is 2.19 bits per heavy atom. The van der Waals surface area contributed by atoms with Crippen LogP contribution in [0.15, 0.2) is 102 Å². The third kappa shape index (κ3) is 5.70. The van der Waals surface area contributed by atoms with E-state index in [-0.39, 0.29) is 16.7 Å². The number of aliphatic imine (C=N–C) groups is 1. The van der Waals surface area contributed by atoms with Crippen LogP contribution in [0.5, 0.6) is 11.5 Å². The van der Waals surface area contributed by atoms with Crippen LogP contribution in [0.25, 0.3) is 0 Å². The molecule has 5 aromatic rings. The summed E-state index contributed by atoms with van der Waals surface area (Å²) in [5.41, 5.74) is 9.98. The minimum absolute atomic E-state index is 0.0307. The van der Waals surface area contributed by atoms with Crippen molar-refractivity contribution < 1.29 is 9.47 Å². The highest BCUT2D eigenvalue weighted by molar-refractivity contribution is 5.98. The molecule has 3 heterocycles. The molecule has 0 N–H and O–H groups in total. The molecule has 7 rings (SSSR count). The molecule has 2 atom stereocenters. The van der Waals surface area contributed by atoms with Crippen LogP contribution >= 0.6 is 0 Å². The number of nitrogens with zero attached hydrogens (tertiary/aromatic N) is 3. The monoisotopic (exact) mass is 691 g/mol. The zero-order chi connectivity index (χ0) is 37.4. The van der Waals surface area contributed by atoms with E-state index < -0.39 is 11.1 Å². The molecule has 4 aromatic carbocycles. The molecule has 0 unspecified atom stereocenters. The second-order valence-corrected chi connectivity index (χ2v) is 17.1. The molecular weight excluding hydrogens is 639 g/mol. The molecule has 268 valence electrons. The number of anilines is 3. The number of aryl methyl sites for hydroxylation is 3. The number of pyridine rings is 1. The normalized spacial score (nSPS) is 20.6. The quantitative estimate of drug-likeness (QED) is 0.178. The molecule has 52 heavy (non-hydrogen) atoms. The van der Waals surface area contributed by atoms with Gasteiger partial charge in [-0.2, -0.15) is 0 Å². The van der Waals surface area contributed by atoms with Gasteiger partial charge < -0.3 is 9.47 Å². The molecule has 0 saturated carbocycles. The third-order valence-corrected chi connectivity index (χ3v) is 11.8. The molecule has 0 amide bonds. The van der Waals surface area contributed by atoms with Crippen LogP contribution in [-0.4, -0.2) is 16.4 Å². The maximum Gasteiger partial charge on any atom is 0.218 e. The lowest BCUT2D eigenvalue weighted by atomic mass is 9.72. The van der Waals surface area contributed by atoms with Crippen LogP contribution in [0, 0.1) is 26.7 Å². The van der Waals surface area contributed by atoms with Crippen molar-refractivity contribution in [3.8, 4) is 11.5 Å². The number of rotatable bonds is 6. The van der Waals surface area contributed by atoms with Gasteiger partial charge in [0.2, 0.25) is 5.90 Å². The predicted molar refractivity (Wildman–Crippen MR) is 215 cm³/mol. The molecule has 2 aliphatic heterocycles. The average molecular weight is 692 g/mol. The molecule has 5 nitrogen and oxygen atoms in total. The van der Waals surface area contributed by atoms with E-state index in [9.17, 15) is 0 Å². The fourth-order valence-corrected chi connectivity index (χ4v) is 8.04. The first-order chi connectivity index (χ1) is 24.4. The molecule has 0 aliphatic carbocycles. The fourth-order valence-electron chi connectivity index (χ4n) is 8.04. The van der Waals surface area contributed by atoms with Gasteiger partial charge in [-0.25, -0.2) is 9.98 Å². The summed E-state index contributed by atoms with van der Waals surface area (Å²) in [5.74, 6) is 3.38. The Balaban J connectivity index is 1.30. The Hall–Kier alpha value is -4.90. The average Bonchev–Trinajstić information content (AvgIpc) is 3.37. The van der Waals surface area contributed by atoms with Gasteiger partial charge in [-0.1, -0.05) is 103 Å². The van der Waals surface area contributed by atoms with E-state index in [1.165, 1.54) is 16.7 Å². The molecule has 2 aliphatic rings. The summed E-state index contributed by atoms with van der Waals surface area (Å²) in [5, 5.41) is 0. The summed E-state index contributed by atoms with van der Waals surface area (Å²) >= 11 is 0. The first kappa shape index (κ1) is 35.5. The van der Waals surface area contributed by atoms with Crippen LogP contribution in [0.3, 0.4) is 0 Å². The summed E-state index contributed by atoms with van der Waals surface area (Å²) in [7, 11) is 0. The standard InChI is InChI=1S/C47H53N3O2/c1-29(2)46(11)47(12,33-17-14-13-15-18-33)52-43(49-46)37-28-41(32(5)25-31(37)4)51-36-24-30(3)23-35(27-36)50-40-21-20-34(44(6,7)8)26-39(40)45(9,10)38-19-16-22-48-42(38)50/h13-29H,1-12H3/t46-,47-/m1/s1. The highest BCUT2D eigenvalue weighted by atomic mass is 16.5. The SMILES string of the molecule is Cc1cc(Oc2cc(C3=N[C@](C)(C(C)C)[C@@](C)(c4ccccc4)O3)c(C)cc2C)cc(N2c3ccc(C(C)(C)C)cc3C(C)(C)c3cccnc32)c1. The highest BCUT2D eigenvalue weighted by Gasteiger charge is 2.55. The summed E-state index contributed by atoms with van der Waals surface area (Å²) in [6.07, 6.45) is 1.89. The minimum Gasteiger partial charge on any atom is -0.464 e. The Labute approximate surface area is 310 Å². The van der Waals surface area contributed by atoms with Crippen molar-refractivity contribution in [3.63, 3.8) is 0 Å². The van der Waals surface area contributed by atoms with E-state index >= 15 is 0 Å². The molecule has 0 spiro atoms. The maximum absolute atomic E-state index is 6.93. The van der Waals surface area contributed by atoms with Crippen LogP contribution < -0.4 is 9.64 Å². The summed E-state index contributed by atoms with van der Waals surface area (Å²) in [6, 6.07) is 32.4. The van der Waals surface area contributed by atoms with Crippen LogP contribution in [0.2, 0.25) is 0 Å². The van der Waals surface area contributed by atoms with E-state index in [0.717, 1.165) is 56.5 Å². The lowest BCUT2D eigenvalue weighted by Gasteiger charge is -2.42. The smallest absolute Gasteiger partial charge is 0.218 e. The van der Waals surface area contributed by atoms with Gasteiger partial charge in [0.1, 0.15) is 22.9 Å². The van der Waals surface area contributed by atoms with Crippen molar-refractivity contribution >= 4 is 23.1 Å². The predicted octanol–water partition coefficient (Wildman–Crippen LogP) is 12.3. The van der Waals surface area contributed by atoms with Crippen molar-refractivity contribution in [3.05, 3.63) is 142 Å². The Bertz CT molecular complexity index is 2210. The Morgan fingerprint density at radius 1 is 0.769 bits per heavy atom. The minimum atomic E-state index is -0.626. The van der Waals surface area contributed by atoms with Gasteiger partial charge in [-0.05, 0) is 110 Å². The highest BCUT2D eigenvalue weighted by Crippen LogP contribution is 2.53. The first-order valence-electron chi connectivity index (χ1n) is 18.6. The van der Waals surface area contributed by atoms with E-state index in [4.69, 9.17) is 19.5 Å².